The fourth-order valence-corrected chi connectivity index (χ4v) is 2.48. The molecule has 1 aliphatic heterocycles. The lowest BCUT2D eigenvalue weighted by Crippen LogP contribution is -2.38. The summed E-state index contributed by atoms with van der Waals surface area (Å²) in [6.07, 6.45) is 5.28. The van der Waals surface area contributed by atoms with Gasteiger partial charge in [-0.05, 0) is 12.8 Å². The molecule has 0 bridgehead atoms. The molecule has 2 nitrogen and oxygen atoms in total. The highest BCUT2D eigenvalue weighted by Crippen LogP contribution is 2.25. The maximum Gasteiger partial charge on any atom is 0.136 e. The number of halogens is 2. The molecule has 0 spiro atoms. The van der Waals surface area contributed by atoms with E-state index in [9.17, 15) is 0 Å². The molecule has 4 heteroatoms. The van der Waals surface area contributed by atoms with Gasteiger partial charge >= 0.3 is 0 Å². The van der Waals surface area contributed by atoms with Crippen molar-refractivity contribution < 1.29 is 0 Å². The Morgan fingerprint density at radius 3 is 1.92 bits per heavy atom. The number of rotatable bonds is 1. The van der Waals surface area contributed by atoms with Crippen molar-refractivity contribution in [3.8, 4) is 0 Å². The summed E-state index contributed by atoms with van der Waals surface area (Å²) in [4.78, 5) is -0.337. The molecule has 0 amide bonds. The zero-order valence-corrected chi connectivity index (χ0v) is 8.41. The molecule has 2 rings (SSSR count). The van der Waals surface area contributed by atoms with Crippen LogP contribution in [0, 0.1) is 0 Å². The SMILES string of the molecule is ClC(Cl)C1NC2CCCCC2N1. The van der Waals surface area contributed by atoms with E-state index in [4.69, 9.17) is 23.2 Å². The van der Waals surface area contributed by atoms with Crippen LogP contribution in [-0.4, -0.2) is 23.1 Å². The molecule has 2 fully saturated rings. The zero-order valence-electron chi connectivity index (χ0n) is 6.89. The van der Waals surface area contributed by atoms with Crippen molar-refractivity contribution in [1.29, 1.82) is 0 Å². The van der Waals surface area contributed by atoms with Gasteiger partial charge in [0.25, 0.3) is 0 Å². The number of nitrogens with one attached hydrogen (secondary N) is 2. The van der Waals surface area contributed by atoms with E-state index in [1.54, 1.807) is 0 Å². The summed E-state index contributed by atoms with van der Waals surface area (Å²) >= 11 is 11.6. The fraction of sp³-hybridized carbons (Fsp3) is 1.00. The van der Waals surface area contributed by atoms with Gasteiger partial charge in [0, 0.05) is 12.1 Å². The van der Waals surface area contributed by atoms with Crippen molar-refractivity contribution in [2.24, 2.45) is 0 Å². The van der Waals surface area contributed by atoms with Gasteiger partial charge in [-0.25, -0.2) is 0 Å². The van der Waals surface area contributed by atoms with Crippen LogP contribution >= 0.6 is 23.2 Å². The predicted octanol–water partition coefficient (Wildman–Crippen LogP) is 1.62. The van der Waals surface area contributed by atoms with Crippen molar-refractivity contribution in [2.45, 2.75) is 48.8 Å². The average Bonchev–Trinajstić information content (AvgIpc) is 2.46. The van der Waals surface area contributed by atoms with E-state index in [1.807, 2.05) is 0 Å². The molecule has 70 valence electrons. The molecule has 2 atom stereocenters. The fourth-order valence-electron chi connectivity index (χ4n) is 2.18. The second-order valence-corrected chi connectivity index (χ2v) is 4.81. The van der Waals surface area contributed by atoms with Crippen molar-refractivity contribution >= 4 is 23.2 Å². The summed E-state index contributed by atoms with van der Waals surface area (Å²) in [6, 6.07) is 1.20. The van der Waals surface area contributed by atoms with Crippen molar-refractivity contribution in [3.63, 3.8) is 0 Å². The molecule has 1 aliphatic carbocycles. The first-order valence-electron chi connectivity index (χ1n) is 4.57. The van der Waals surface area contributed by atoms with Gasteiger partial charge < -0.3 is 0 Å². The lowest BCUT2D eigenvalue weighted by Gasteiger charge is -2.23. The first kappa shape index (κ1) is 9.07. The Morgan fingerprint density at radius 1 is 1.00 bits per heavy atom. The maximum absolute atomic E-state index is 5.79. The summed E-state index contributed by atoms with van der Waals surface area (Å²) in [7, 11) is 0. The number of fused-ring (bicyclic) bond motifs is 1. The van der Waals surface area contributed by atoms with Crippen LogP contribution in [0.2, 0.25) is 0 Å². The molecule has 12 heavy (non-hydrogen) atoms. The molecule has 0 aromatic rings. The van der Waals surface area contributed by atoms with Crippen LogP contribution in [0.25, 0.3) is 0 Å². The molecule has 1 heterocycles. The first-order chi connectivity index (χ1) is 5.77. The van der Waals surface area contributed by atoms with E-state index in [0.717, 1.165) is 0 Å². The maximum atomic E-state index is 5.79. The summed E-state index contributed by atoms with van der Waals surface area (Å²) in [6.45, 7) is 0. The van der Waals surface area contributed by atoms with E-state index in [-0.39, 0.29) is 11.0 Å². The number of hydrogen-bond donors (Lipinski definition) is 2. The van der Waals surface area contributed by atoms with Crippen molar-refractivity contribution in [3.05, 3.63) is 0 Å². The Labute approximate surface area is 83.0 Å². The van der Waals surface area contributed by atoms with Crippen LogP contribution in [0.3, 0.4) is 0 Å². The summed E-state index contributed by atoms with van der Waals surface area (Å²) in [5.74, 6) is 0. The molecular formula is C8H14Cl2N2. The standard InChI is InChI=1S/C8H14Cl2N2/c9-7(10)8-11-5-3-1-2-4-6(5)12-8/h5-8,11-12H,1-4H2. The Hall–Kier alpha value is 0.500. The molecule has 0 aromatic heterocycles. The molecule has 2 N–H and O–H groups in total. The second-order valence-electron chi connectivity index (χ2n) is 3.64. The van der Waals surface area contributed by atoms with Gasteiger partial charge in [-0.2, -0.15) is 0 Å². The third-order valence-corrected chi connectivity index (χ3v) is 3.31. The van der Waals surface area contributed by atoms with Gasteiger partial charge in [-0.15, -0.1) is 23.2 Å². The van der Waals surface area contributed by atoms with E-state index in [0.29, 0.717) is 12.1 Å². The highest BCUT2D eigenvalue weighted by atomic mass is 35.5. The second kappa shape index (κ2) is 3.70. The van der Waals surface area contributed by atoms with Gasteiger partial charge in [0.1, 0.15) is 4.84 Å². The minimum atomic E-state index is -0.337. The van der Waals surface area contributed by atoms with Gasteiger partial charge in [0.2, 0.25) is 0 Å². The van der Waals surface area contributed by atoms with Gasteiger partial charge in [-0.3, -0.25) is 10.6 Å². The molecule has 2 aliphatic rings. The first-order valence-corrected chi connectivity index (χ1v) is 5.45. The van der Waals surface area contributed by atoms with Crippen LogP contribution in [0.1, 0.15) is 25.7 Å². The van der Waals surface area contributed by atoms with E-state index in [2.05, 4.69) is 10.6 Å². The molecule has 2 unspecified atom stereocenters. The third kappa shape index (κ3) is 1.72. The Morgan fingerprint density at radius 2 is 1.50 bits per heavy atom. The van der Waals surface area contributed by atoms with Crippen LogP contribution in [0.4, 0.5) is 0 Å². The van der Waals surface area contributed by atoms with Crippen LogP contribution < -0.4 is 10.6 Å². The zero-order chi connectivity index (χ0) is 8.55. The minimum Gasteiger partial charge on any atom is -0.295 e. The Balaban J connectivity index is 1.94. The lowest BCUT2D eigenvalue weighted by atomic mass is 9.92. The Kier molecular flexibility index (Phi) is 2.80. The minimum absolute atomic E-state index is 0.0985. The van der Waals surface area contributed by atoms with Crippen LogP contribution in [-0.2, 0) is 0 Å². The summed E-state index contributed by atoms with van der Waals surface area (Å²) < 4.78 is 0. The lowest BCUT2D eigenvalue weighted by molar-refractivity contribution is 0.374. The van der Waals surface area contributed by atoms with E-state index >= 15 is 0 Å². The Bertz CT molecular complexity index is 149. The van der Waals surface area contributed by atoms with Gasteiger partial charge in [0.05, 0.1) is 6.17 Å². The van der Waals surface area contributed by atoms with Gasteiger partial charge in [-0.1, -0.05) is 12.8 Å². The molecule has 0 aromatic carbocycles. The molecule has 1 saturated heterocycles. The largest absolute Gasteiger partial charge is 0.295 e. The van der Waals surface area contributed by atoms with Crippen LogP contribution in [0.15, 0.2) is 0 Å². The average molecular weight is 209 g/mol. The van der Waals surface area contributed by atoms with Crippen molar-refractivity contribution in [2.75, 3.05) is 0 Å². The van der Waals surface area contributed by atoms with Crippen LogP contribution in [0.5, 0.6) is 0 Å². The number of alkyl halides is 2. The number of hydrogen-bond acceptors (Lipinski definition) is 2. The van der Waals surface area contributed by atoms with E-state index in [1.165, 1.54) is 25.7 Å². The summed E-state index contributed by atoms with van der Waals surface area (Å²) in [5.41, 5.74) is 0. The summed E-state index contributed by atoms with van der Waals surface area (Å²) in [5, 5.41) is 6.83. The molecule has 1 saturated carbocycles. The molecule has 0 radical (unpaired) electrons. The molecular weight excluding hydrogens is 195 g/mol. The monoisotopic (exact) mass is 208 g/mol. The topological polar surface area (TPSA) is 24.1 Å². The van der Waals surface area contributed by atoms with Crippen molar-refractivity contribution in [1.82, 2.24) is 10.6 Å². The highest BCUT2D eigenvalue weighted by molar-refractivity contribution is 6.44. The quantitative estimate of drug-likeness (QED) is 0.641. The normalized spacial score (nSPS) is 41.8. The third-order valence-electron chi connectivity index (χ3n) is 2.81. The highest BCUT2D eigenvalue weighted by Gasteiger charge is 2.36. The van der Waals surface area contributed by atoms with E-state index < -0.39 is 0 Å². The van der Waals surface area contributed by atoms with Gasteiger partial charge in [0.15, 0.2) is 0 Å². The smallest absolute Gasteiger partial charge is 0.136 e. The predicted molar refractivity (Wildman–Crippen MR) is 51.6 cm³/mol.